The Labute approximate surface area is 117 Å². The van der Waals surface area contributed by atoms with Crippen molar-refractivity contribution < 1.29 is 9.18 Å². The van der Waals surface area contributed by atoms with E-state index in [0.29, 0.717) is 6.54 Å². The van der Waals surface area contributed by atoms with Gasteiger partial charge < -0.3 is 10.6 Å². The molecule has 0 atom stereocenters. The number of halogens is 1. The molecule has 2 aromatic rings. The van der Waals surface area contributed by atoms with E-state index in [1.54, 1.807) is 12.1 Å². The first-order chi connectivity index (χ1) is 9.65. The zero-order chi connectivity index (χ0) is 14.4. The summed E-state index contributed by atoms with van der Waals surface area (Å²) in [6.07, 6.45) is 0.741. The van der Waals surface area contributed by atoms with Crippen LogP contribution in [0, 0.1) is 12.7 Å². The van der Waals surface area contributed by atoms with Crippen LogP contribution in [0.5, 0.6) is 0 Å². The molecule has 0 aromatic heterocycles. The second-order valence-corrected chi connectivity index (χ2v) is 4.60. The molecule has 0 aliphatic heterocycles. The Morgan fingerprint density at radius 3 is 2.50 bits per heavy atom. The largest absolute Gasteiger partial charge is 0.338 e. The topological polar surface area (TPSA) is 41.1 Å². The molecule has 2 N–H and O–H groups in total. The molecule has 4 heteroatoms. The number of aryl methyl sites for hydroxylation is 1. The molecule has 0 saturated carbocycles. The van der Waals surface area contributed by atoms with Crippen molar-refractivity contribution in [2.24, 2.45) is 0 Å². The Balaban J connectivity index is 1.78. The lowest BCUT2D eigenvalue weighted by Crippen LogP contribution is -2.30. The molecule has 2 amide bonds. The molecular formula is C16H17FN2O. The highest BCUT2D eigenvalue weighted by Gasteiger charge is 2.05. The molecule has 0 heterocycles. The van der Waals surface area contributed by atoms with Crippen molar-refractivity contribution in [3.63, 3.8) is 0 Å². The highest BCUT2D eigenvalue weighted by atomic mass is 19.1. The molecule has 20 heavy (non-hydrogen) atoms. The fraction of sp³-hybridized carbons (Fsp3) is 0.188. The maximum absolute atomic E-state index is 13.3. The van der Waals surface area contributed by atoms with E-state index < -0.39 is 11.8 Å². The molecule has 2 aromatic carbocycles. The number of hydrogen-bond donors (Lipinski definition) is 2. The molecular weight excluding hydrogens is 255 g/mol. The van der Waals surface area contributed by atoms with Gasteiger partial charge in [-0.25, -0.2) is 9.18 Å². The number of benzene rings is 2. The molecule has 0 bridgehead atoms. The van der Waals surface area contributed by atoms with Crippen LogP contribution in [0.4, 0.5) is 14.9 Å². The van der Waals surface area contributed by atoms with Crippen LogP contribution < -0.4 is 10.6 Å². The van der Waals surface area contributed by atoms with E-state index in [2.05, 4.69) is 10.6 Å². The van der Waals surface area contributed by atoms with Crippen molar-refractivity contribution >= 4 is 11.7 Å². The van der Waals surface area contributed by atoms with Crippen molar-refractivity contribution in [3.8, 4) is 0 Å². The van der Waals surface area contributed by atoms with Crippen molar-refractivity contribution in [2.75, 3.05) is 11.9 Å². The molecule has 2 rings (SSSR count). The van der Waals surface area contributed by atoms with Crippen LogP contribution in [0.15, 0.2) is 48.5 Å². The Morgan fingerprint density at radius 2 is 1.80 bits per heavy atom. The molecule has 0 aliphatic carbocycles. The lowest BCUT2D eigenvalue weighted by Gasteiger charge is -2.08. The lowest BCUT2D eigenvalue weighted by molar-refractivity contribution is 0.252. The third-order valence-electron chi connectivity index (χ3n) is 2.94. The summed E-state index contributed by atoms with van der Waals surface area (Å²) in [4.78, 5) is 11.6. The smallest absolute Gasteiger partial charge is 0.319 e. The fourth-order valence-electron chi connectivity index (χ4n) is 1.80. The van der Waals surface area contributed by atoms with Gasteiger partial charge in [0.25, 0.3) is 0 Å². The van der Waals surface area contributed by atoms with Crippen molar-refractivity contribution in [1.29, 1.82) is 0 Å². The average Bonchev–Trinajstić information content (AvgIpc) is 2.44. The van der Waals surface area contributed by atoms with Crippen LogP contribution >= 0.6 is 0 Å². The van der Waals surface area contributed by atoms with Crippen LogP contribution in [0.2, 0.25) is 0 Å². The first kappa shape index (κ1) is 14.1. The number of rotatable bonds is 4. The first-order valence-corrected chi connectivity index (χ1v) is 6.50. The number of para-hydroxylation sites is 1. The fourth-order valence-corrected chi connectivity index (χ4v) is 1.80. The van der Waals surface area contributed by atoms with E-state index in [-0.39, 0.29) is 5.69 Å². The Hall–Kier alpha value is -2.36. The standard InChI is InChI=1S/C16H17FN2O/c1-12-6-8-13(9-7-12)10-11-18-16(20)19-15-5-3-2-4-14(15)17/h2-9H,10-11H2,1H3,(H2,18,19,20). The minimum absolute atomic E-state index is 0.181. The van der Waals surface area contributed by atoms with E-state index in [1.165, 1.54) is 17.7 Å². The minimum Gasteiger partial charge on any atom is -0.338 e. The number of carbonyl (C=O) groups is 1. The highest BCUT2D eigenvalue weighted by molar-refractivity contribution is 5.89. The van der Waals surface area contributed by atoms with E-state index in [0.717, 1.165) is 12.0 Å². The van der Waals surface area contributed by atoms with Gasteiger partial charge in [-0.15, -0.1) is 0 Å². The lowest BCUT2D eigenvalue weighted by atomic mass is 10.1. The number of nitrogens with one attached hydrogen (secondary N) is 2. The van der Waals surface area contributed by atoms with Crippen molar-refractivity contribution in [1.82, 2.24) is 5.32 Å². The number of hydrogen-bond acceptors (Lipinski definition) is 1. The summed E-state index contributed by atoms with van der Waals surface area (Å²) in [6.45, 7) is 2.53. The molecule has 0 aliphatic rings. The van der Waals surface area contributed by atoms with Gasteiger partial charge in [-0.3, -0.25) is 0 Å². The van der Waals surface area contributed by atoms with Gasteiger partial charge in [0.1, 0.15) is 5.82 Å². The summed E-state index contributed by atoms with van der Waals surface area (Å²) in [5, 5.41) is 5.19. The number of urea groups is 1. The molecule has 0 radical (unpaired) electrons. The third-order valence-corrected chi connectivity index (χ3v) is 2.94. The van der Waals surface area contributed by atoms with Gasteiger partial charge in [0.2, 0.25) is 0 Å². The van der Waals surface area contributed by atoms with Gasteiger partial charge in [0.15, 0.2) is 0 Å². The van der Waals surface area contributed by atoms with E-state index in [9.17, 15) is 9.18 Å². The Morgan fingerprint density at radius 1 is 1.10 bits per heavy atom. The summed E-state index contributed by atoms with van der Waals surface area (Å²) in [5.74, 6) is -0.443. The van der Waals surface area contributed by atoms with E-state index in [4.69, 9.17) is 0 Å². The van der Waals surface area contributed by atoms with Gasteiger partial charge in [0, 0.05) is 6.54 Å². The summed E-state index contributed by atoms with van der Waals surface area (Å²) >= 11 is 0. The summed E-state index contributed by atoms with van der Waals surface area (Å²) in [7, 11) is 0. The Kier molecular flexibility index (Phi) is 4.71. The molecule has 104 valence electrons. The summed E-state index contributed by atoms with van der Waals surface area (Å²) < 4.78 is 13.3. The van der Waals surface area contributed by atoms with Gasteiger partial charge in [-0.05, 0) is 31.0 Å². The van der Waals surface area contributed by atoms with Crippen LogP contribution in [-0.4, -0.2) is 12.6 Å². The normalized spacial score (nSPS) is 10.1. The molecule has 0 fully saturated rings. The molecule has 0 saturated heterocycles. The first-order valence-electron chi connectivity index (χ1n) is 6.50. The van der Waals surface area contributed by atoms with E-state index >= 15 is 0 Å². The van der Waals surface area contributed by atoms with Gasteiger partial charge in [-0.1, -0.05) is 42.0 Å². The quantitative estimate of drug-likeness (QED) is 0.878. The number of anilines is 1. The zero-order valence-electron chi connectivity index (χ0n) is 11.3. The van der Waals surface area contributed by atoms with Gasteiger partial charge in [0.05, 0.1) is 5.69 Å². The second-order valence-electron chi connectivity index (χ2n) is 4.60. The van der Waals surface area contributed by atoms with Gasteiger partial charge >= 0.3 is 6.03 Å². The average molecular weight is 272 g/mol. The molecule has 0 spiro atoms. The van der Waals surface area contributed by atoms with Crippen LogP contribution in [-0.2, 0) is 6.42 Å². The monoisotopic (exact) mass is 272 g/mol. The summed E-state index contributed by atoms with van der Waals surface area (Å²) in [6, 6.07) is 13.8. The Bertz CT molecular complexity index is 581. The SMILES string of the molecule is Cc1ccc(CCNC(=O)Nc2ccccc2F)cc1. The van der Waals surface area contributed by atoms with Crippen molar-refractivity contribution in [3.05, 3.63) is 65.5 Å². The third kappa shape index (κ3) is 4.09. The second kappa shape index (κ2) is 6.70. The predicted octanol–water partition coefficient (Wildman–Crippen LogP) is 3.50. The predicted molar refractivity (Wildman–Crippen MR) is 78.3 cm³/mol. The van der Waals surface area contributed by atoms with Gasteiger partial charge in [-0.2, -0.15) is 0 Å². The van der Waals surface area contributed by atoms with Crippen LogP contribution in [0.3, 0.4) is 0 Å². The highest BCUT2D eigenvalue weighted by Crippen LogP contribution is 2.11. The number of carbonyl (C=O) groups excluding carboxylic acids is 1. The van der Waals surface area contributed by atoms with Crippen LogP contribution in [0.25, 0.3) is 0 Å². The number of amides is 2. The maximum atomic E-state index is 13.3. The minimum atomic E-state index is -0.443. The maximum Gasteiger partial charge on any atom is 0.319 e. The summed E-state index contributed by atoms with van der Waals surface area (Å²) in [5.41, 5.74) is 2.54. The van der Waals surface area contributed by atoms with Crippen LogP contribution in [0.1, 0.15) is 11.1 Å². The molecule has 0 unspecified atom stereocenters. The zero-order valence-corrected chi connectivity index (χ0v) is 11.3. The molecule has 3 nitrogen and oxygen atoms in total. The van der Waals surface area contributed by atoms with Crippen molar-refractivity contribution in [2.45, 2.75) is 13.3 Å². The van der Waals surface area contributed by atoms with E-state index in [1.807, 2.05) is 31.2 Å².